The zero-order chi connectivity index (χ0) is 12.4. The highest BCUT2D eigenvalue weighted by Crippen LogP contribution is 2.37. The van der Waals surface area contributed by atoms with Crippen molar-refractivity contribution in [3.05, 3.63) is 0 Å². The first-order chi connectivity index (χ1) is 7.26. The van der Waals surface area contributed by atoms with Gasteiger partial charge in [0.2, 0.25) is 0 Å². The number of sulfone groups is 1. The minimum absolute atomic E-state index is 0.156. The normalized spacial score (nSPS) is 30.2. The molecule has 0 heterocycles. The Labute approximate surface area is 99.9 Å². The summed E-state index contributed by atoms with van der Waals surface area (Å²) < 4.78 is 23.6. The van der Waals surface area contributed by atoms with Gasteiger partial charge in [0.25, 0.3) is 0 Å². The second-order valence-corrected chi connectivity index (χ2v) is 8.10. The molecule has 0 saturated heterocycles. The zero-order valence-corrected chi connectivity index (χ0v) is 11.7. The molecule has 1 rings (SSSR count). The fourth-order valence-corrected chi connectivity index (χ4v) is 4.12. The fourth-order valence-electron chi connectivity index (χ4n) is 2.53. The van der Waals surface area contributed by atoms with Crippen molar-refractivity contribution in [2.75, 3.05) is 12.8 Å². The monoisotopic (exact) mass is 247 g/mol. The van der Waals surface area contributed by atoms with Gasteiger partial charge in [-0.3, -0.25) is 0 Å². The van der Waals surface area contributed by atoms with Crippen molar-refractivity contribution in [3.63, 3.8) is 0 Å². The topological polar surface area (TPSA) is 46.2 Å². The third-order valence-electron chi connectivity index (χ3n) is 3.54. The summed E-state index contributed by atoms with van der Waals surface area (Å²) in [6.45, 7) is 7.36. The molecule has 1 aliphatic rings. The first kappa shape index (κ1) is 14.0. The van der Waals surface area contributed by atoms with Gasteiger partial charge in [-0.1, -0.05) is 20.8 Å². The Balaban J connectivity index is 2.77. The van der Waals surface area contributed by atoms with E-state index in [4.69, 9.17) is 0 Å². The molecular weight excluding hydrogens is 222 g/mol. The summed E-state index contributed by atoms with van der Waals surface area (Å²) in [5, 5.41) is 3.18. The van der Waals surface area contributed by atoms with Crippen LogP contribution in [0, 0.1) is 5.41 Å². The Hall–Kier alpha value is -0.0900. The summed E-state index contributed by atoms with van der Waals surface area (Å²) in [6, 6.07) is 0.156. The molecule has 2 atom stereocenters. The van der Waals surface area contributed by atoms with E-state index >= 15 is 0 Å². The number of hydrogen-bond donors (Lipinski definition) is 1. The third-order valence-corrected chi connectivity index (χ3v) is 5.14. The van der Waals surface area contributed by atoms with E-state index in [0.29, 0.717) is 0 Å². The van der Waals surface area contributed by atoms with E-state index in [1.165, 1.54) is 6.26 Å². The summed E-state index contributed by atoms with van der Waals surface area (Å²) in [5.74, 6) is 0. The molecule has 16 heavy (non-hydrogen) atoms. The zero-order valence-electron chi connectivity index (χ0n) is 10.9. The summed E-state index contributed by atoms with van der Waals surface area (Å²) in [5.41, 5.74) is 0.165. The first-order valence-electron chi connectivity index (χ1n) is 6.18. The lowest BCUT2D eigenvalue weighted by atomic mass is 9.75. The van der Waals surface area contributed by atoms with Gasteiger partial charge in [-0.15, -0.1) is 0 Å². The van der Waals surface area contributed by atoms with Gasteiger partial charge < -0.3 is 5.32 Å². The van der Waals surface area contributed by atoms with Crippen LogP contribution < -0.4 is 5.32 Å². The number of hydrogen-bond acceptors (Lipinski definition) is 3. The van der Waals surface area contributed by atoms with Crippen molar-refractivity contribution in [2.45, 2.75) is 57.7 Å². The van der Waals surface area contributed by atoms with Gasteiger partial charge >= 0.3 is 0 Å². The highest BCUT2D eigenvalue weighted by atomic mass is 32.2. The summed E-state index contributed by atoms with van der Waals surface area (Å²) >= 11 is 0. The molecule has 2 unspecified atom stereocenters. The van der Waals surface area contributed by atoms with Gasteiger partial charge in [-0.25, -0.2) is 8.42 Å². The predicted molar refractivity (Wildman–Crippen MR) is 68.3 cm³/mol. The molecule has 0 aliphatic heterocycles. The first-order valence-corrected chi connectivity index (χ1v) is 8.14. The number of nitrogens with one attached hydrogen (secondary N) is 1. The molecule has 0 spiro atoms. The Bertz CT molecular complexity index is 322. The Morgan fingerprint density at radius 3 is 2.50 bits per heavy atom. The Morgan fingerprint density at radius 2 is 2.00 bits per heavy atom. The van der Waals surface area contributed by atoms with E-state index in [2.05, 4.69) is 26.1 Å². The van der Waals surface area contributed by atoms with Crippen molar-refractivity contribution in [1.29, 1.82) is 0 Å². The van der Waals surface area contributed by atoms with E-state index in [1.807, 2.05) is 0 Å². The molecule has 0 bridgehead atoms. The highest BCUT2D eigenvalue weighted by molar-refractivity contribution is 7.91. The maximum Gasteiger partial charge on any atom is 0.151 e. The van der Waals surface area contributed by atoms with Crippen LogP contribution in [0.3, 0.4) is 0 Å². The highest BCUT2D eigenvalue weighted by Gasteiger charge is 2.39. The molecule has 1 aliphatic carbocycles. The van der Waals surface area contributed by atoms with Gasteiger partial charge in [-0.05, 0) is 37.6 Å². The molecule has 0 aromatic rings. The molecule has 1 N–H and O–H groups in total. The molecular formula is C12H25NO2S. The van der Waals surface area contributed by atoms with Crippen LogP contribution >= 0.6 is 0 Å². The van der Waals surface area contributed by atoms with E-state index < -0.39 is 9.84 Å². The molecule has 3 nitrogen and oxygen atoms in total. The van der Waals surface area contributed by atoms with Gasteiger partial charge in [0.05, 0.1) is 5.25 Å². The minimum atomic E-state index is -2.94. The lowest BCUT2D eigenvalue weighted by Gasteiger charge is -2.40. The van der Waals surface area contributed by atoms with Crippen LogP contribution in [0.4, 0.5) is 0 Å². The van der Waals surface area contributed by atoms with Crippen LogP contribution in [0.1, 0.15) is 46.5 Å². The third kappa shape index (κ3) is 3.74. The molecule has 1 saturated carbocycles. The van der Waals surface area contributed by atoms with Crippen LogP contribution in [0.2, 0.25) is 0 Å². The Kier molecular flexibility index (Phi) is 4.41. The summed E-state index contributed by atoms with van der Waals surface area (Å²) in [4.78, 5) is 0. The SMILES string of the molecule is CCCNC1CCC(C)(C)CC1S(C)(=O)=O. The van der Waals surface area contributed by atoms with Crippen LogP contribution in [0.5, 0.6) is 0 Å². The van der Waals surface area contributed by atoms with E-state index in [1.54, 1.807) is 0 Å². The average molecular weight is 247 g/mol. The van der Waals surface area contributed by atoms with E-state index in [9.17, 15) is 8.42 Å². The van der Waals surface area contributed by atoms with E-state index in [0.717, 1.165) is 32.2 Å². The van der Waals surface area contributed by atoms with Crippen molar-refractivity contribution in [1.82, 2.24) is 5.32 Å². The smallest absolute Gasteiger partial charge is 0.151 e. The molecule has 0 radical (unpaired) electrons. The van der Waals surface area contributed by atoms with Crippen LogP contribution in [-0.2, 0) is 9.84 Å². The summed E-state index contributed by atoms with van der Waals surface area (Å²) in [7, 11) is -2.94. The van der Waals surface area contributed by atoms with Crippen molar-refractivity contribution < 1.29 is 8.42 Å². The van der Waals surface area contributed by atoms with Gasteiger partial charge in [0.1, 0.15) is 0 Å². The fraction of sp³-hybridized carbons (Fsp3) is 1.00. The second kappa shape index (κ2) is 5.05. The molecule has 0 amide bonds. The maximum atomic E-state index is 11.8. The van der Waals surface area contributed by atoms with Gasteiger partial charge in [-0.2, -0.15) is 0 Å². The molecule has 0 aromatic carbocycles. The van der Waals surface area contributed by atoms with E-state index in [-0.39, 0.29) is 16.7 Å². The maximum absolute atomic E-state index is 11.8. The number of rotatable bonds is 4. The van der Waals surface area contributed by atoms with Crippen LogP contribution in [0.15, 0.2) is 0 Å². The molecule has 0 aromatic heterocycles. The lowest BCUT2D eigenvalue weighted by Crippen LogP contribution is -2.49. The lowest BCUT2D eigenvalue weighted by molar-refractivity contribution is 0.209. The van der Waals surface area contributed by atoms with Gasteiger partial charge in [0.15, 0.2) is 9.84 Å². The summed E-state index contributed by atoms with van der Waals surface area (Å²) in [6.07, 6.45) is 5.30. The minimum Gasteiger partial charge on any atom is -0.313 e. The second-order valence-electron chi connectivity index (χ2n) is 5.84. The molecule has 96 valence electrons. The Morgan fingerprint density at radius 1 is 1.38 bits per heavy atom. The van der Waals surface area contributed by atoms with Crippen molar-refractivity contribution in [2.24, 2.45) is 5.41 Å². The van der Waals surface area contributed by atoms with Crippen LogP contribution in [-0.4, -0.2) is 32.5 Å². The van der Waals surface area contributed by atoms with Crippen molar-refractivity contribution >= 4 is 9.84 Å². The van der Waals surface area contributed by atoms with Gasteiger partial charge in [0, 0.05) is 12.3 Å². The standard InChI is InChI=1S/C12H25NO2S/c1-5-8-13-10-6-7-12(2,3)9-11(10)16(4,14)15/h10-11,13H,5-9H2,1-4H3. The van der Waals surface area contributed by atoms with Crippen molar-refractivity contribution in [3.8, 4) is 0 Å². The quantitative estimate of drug-likeness (QED) is 0.826. The average Bonchev–Trinajstić information content (AvgIpc) is 2.13. The largest absolute Gasteiger partial charge is 0.313 e. The molecule has 4 heteroatoms. The predicted octanol–water partition coefficient (Wildman–Crippen LogP) is 1.98. The molecule has 1 fully saturated rings. The van der Waals surface area contributed by atoms with Crippen LogP contribution in [0.25, 0.3) is 0 Å².